The molecular weight excluding hydrogens is 256 g/mol. The Balaban J connectivity index is 2.68. The summed E-state index contributed by atoms with van der Waals surface area (Å²) in [5, 5.41) is 0. The average Bonchev–Trinajstić information content (AvgIpc) is 2.42. The summed E-state index contributed by atoms with van der Waals surface area (Å²) >= 11 is 0. The maximum atomic E-state index is 6.61. The van der Waals surface area contributed by atoms with E-state index in [1.54, 1.807) is 0 Å². The lowest BCUT2D eigenvalue weighted by Gasteiger charge is -2.34. The molecule has 2 heteroatoms. The molecule has 21 heavy (non-hydrogen) atoms. The Morgan fingerprint density at radius 3 is 1.86 bits per heavy atom. The third-order valence-electron chi connectivity index (χ3n) is 4.03. The highest BCUT2D eigenvalue weighted by Gasteiger charge is 2.24. The van der Waals surface area contributed by atoms with Crippen molar-refractivity contribution >= 4 is 0 Å². The monoisotopic (exact) mass is 290 g/mol. The molecule has 0 fully saturated rings. The van der Waals surface area contributed by atoms with Crippen LogP contribution in [-0.4, -0.2) is 24.5 Å². The smallest absolute Gasteiger partial charge is 0.0509 e. The maximum absolute atomic E-state index is 6.61. The highest BCUT2D eigenvalue weighted by Crippen LogP contribution is 2.20. The summed E-state index contributed by atoms with van der Waals surface area (Å²) in [5.74, 6) is 1.49. The molecule has 1 atom stereocenters. The van der Waals surface area contributed by atoms with Gasteiger partial charge in [-0.1, -0.05) is 58.0 Å². The van der Waals surface area contributed by atoms with Gasteiger partial charge in [-0.25, -0.2) is 0 Å². The Morgan fingerprint density at radius 1 is 0.952 bits per heavy atom. The van der Waals surface area contributed by atoms with E-state index < -0.39 is 0 Å². The third-order valence-corrected chi connectivity index (χ3v) is 4.03. The minimum Gasteiger partial charge on any atom is -0.321 e. The molecule has 1 unspecified atom stereocenters. The fourth-order valence-corrected chi connectivity index (χ4v) is 2.53. The molecule has 1 aromatic rings. The Bertz CT molecular complexity index is 370. The molecule has 2 nitrogen and oxygen atoms in total. The second-order valence-electron chi connectivity index (χ2n) is 7.42. The summed E-state index contributed by atoms with van der Waals surface area (Å²) in [6.07, 6.45) is 2.48. The van der Waals surface area contributed by atoms with Crippen LogP contribution < -0.4 is 5.73 Å². The topological polar surface area (TPSA) is 29.3 Å². The standard InChI is InChI=1S/C19H34N2/c1-16(2)11-13-21(14-12-17(3)4)15-19(5,20)18-9-7-6-8-10-18/h6-10,16-17H,11-15,20H2,1-5H3. The van der Waals surface area contributed by atoms with Gasteiger partial charge in [0.25, 0.3) is 0 Å². The molecule has 0 spiro atoms. The van der Waals surface area contributed by atoms with E-state index in [1.165, 1.54) is 18.4 Å². The van der Waals surface area contributed by atoms with Crippen molar-refractivity contribution in [1.82, 2.24) is 4.90 Å². The molecule has 0 saturated carbocycles. The van der Waals surface area contributed by atoms with Crippen molar-refractivity contribution in [1.29, 1.82) is 0 Å². The van der Waals surface area contributed by atoms with E-state index in [1.807, 2.05) is 0 Å². The Morgan fingerprint density at radius 2 is 1.43 bits per heavy atom. The number of hydrogen-bond donors (Lipinski definition) is 1. The Labute approximate surface area is 131 Å². The second-order valence-corrected chi connectivity index (χ2v) is 7.42. The summed E-state index contributed by atoms with van der Waals surface area (Å²) < 4.78 is 0. The van der Waals surface area contributed by atoms with Gasteiger partial charge in [-0.05, 0) is 50.3 Å². The van der Waals surface area contributed by atoms with Crippen molar-refractivity contribution in [2.75, 3.05) is 19.6 Å². The molecule has 0 saturated heterocycles. The van der Waals surface area contributed by atoms with Crippen LogP contribution in [0.15, 0.2) is 30.3 Å². The number of hydrogen-bond acceptors (Lipinski definition) is 2. The van der Waals surface area contributed by atoms with Crippen LogP contribution in [0.4, 0.5) is 0 Å². The van der Waals surface area contributed by atoms with Crippen LogP contribution >= 0.6 is 0 Å². The Hall–Kier alpha value is -0.860. The van der Waals surface area contributed by atoms with Crippen LogP contribution in [0.2, 0.25) is 0 Å². The van der Waals surface area contributed by atoms with Crippen molar-refractivity contribution in [3.8, 4) is 0 Å². The molecule has 0 bridgehead atoms. The van der Waals surface area contributed by atoms with Crippen molar-refractivity contribution in [2.45, 2.75) is 53.0 Å². The first-order valence-corrected chi connectivity index (χ1v) is 8.38. The molecule has 0 heterocycles. The van der Waals surface area contributed by atoms with Crippen LogP contribution in [0.5, 0.6) is 0 Å². The summed E-state index contributed by atoms with van der Waals surface area (Å²) in [6, 6.07) is 10.5. The third kappa shape index (κ3) is 7.10. The summed E-state index contributed by atoms with van der Waals surface area (Å²) in [5.41, 5.74) is 7.55. The minimum atomic E-state index is -0.283. The average molecular weight is 290 g/mol. The predicted octanol–water partition coefficient (Wildman–Crippen LogP) is 4.25. The first-order valence-electron chi connectivity index (χ1n) is 8.38. The van der Waals surface area contributed by atoms with Crippen LogP contribution in [-0.2, 0) is 5.54 Å². The number of nitrogens with zero attached hydrogens (tertiary/aromatic N) is 1. The van der Waals surface area contributed by atoms with Gasteiger partial charge in [0.1, 0.15) is 0 Å². The highest BCUT2D eigenvalue weighted by molar-refractivity contribution is 5.23. The molecule has 0 radical (unpaired) electrons. The zero-order chi connectivity index (χ0) is 15.9. The summed E-state index contributed by atoms with van der Waals surface area (Å²) in [4.78, 5) is 2.55. The van der Waals surface area contributed by atoms with Crippen molar-refractivity contribution in [3.63, 3.8) is 0 Å². The lowest BCUT2D eigenvalue weighted by Crippen LogP contribution is -2.46. The molecule has 2 N–H and O–H groups in total. The molecule has 1 rings (SSSR count). The molecule has 1 aromatic carbocycles. The minimum absolute atomic E-state index is 0.283. The second kappa shape index (κ2) is 8.55. The first-order chi connectivity index (χ1) is 9.81. The lowest BCUT2D eigenvalue weighted by atomic mass is 9.92. The van der Waals surface area contributed by atoms with E-state index in [-0.39, 0.29) is 5.54 Å². The van der Waals surface area contributed by atoms with Gasteiger partial charge in [-0.2, -0.15) is 0 Å². The van der Waals surface area contributed by atoms with Crippen LogP contribution in [0, 0.1) is 11.8 Å². The quantitative estimate of drug-likeness (QED) is 0.736. The fourth-order valence-electron chi connectivity index (χ4n) is 2.53. The van der Waals surface area contributed by atoms with Gasteiger partial charge in [-0.15, -0.1) is 0 Å². The van der Waals surface area contributed by atoms with E-state index in [0.29, 0.717) is 0 Å². The normalized spacial score (nSPS) is 14.9. The predicted molar refractivity (Wildman–Crippen MR) is 93.3 cm³/mol. The van der Waals surface area contributed by atoms with E-state index in [9.17, 15) is 0 Å². The number of nitrogens with two attached hydrogens (primary N) is 1. The molecule has 0 aromatic heterocycles. The van der Waals surface area contributed by atoms with Gasteiger partial charge < -0.3 is 10.6 Å². The molecule has 0 aliphatic rings. The molecule has 0 aliphatic heterocycles. The van der Waals surface area contributed by atoms with Gasteiger partial charge in [0.2, 0.25) is 0 Å². The van der Waals surface area contributed by atoms with Gasteiger partial charge in [0.15, 0.2) is 0 Å². The van der Waals surface area contributed by atoms with Gasteiger partial charge in [0, 0.05) is 6.54 Å². The SMILES string of the molecule is CC(C)CCN(CCC(C)C)CC(C)(N)c1ccccc1. The fraction of sp³-hybridized carbons (Fsp3) is 0.684. The lowest BCUT2D eigenvalue weighted by molar-refractivity contribution is 0.197. The van der Waals surface area contributed by atoms with Gasteiger partial charge in [-0.3, -0.25) is 0 Å². The highest BCUT2D eigenvalue weighted by atomic mass is 15.1. The van der Waals surface area contributed by atoms with Crippen LogP contribution in [0.3, 0.4) is 0 Å². The van der Waals surface area contributed by atoms with E-state index in [2.05, 4.69) is 69.9 Å². The van der Waals surface area contributed by atoms with Crippen molar-refractivity contribution in [2.24, 2.45) is 17.6 Å². The van der Waals surface area contributed by atoms with Crippen molar-refractivity contribution < 1.29 is 0 Å². The molecule has 120 valence electrons. The zero-order valence-corrected chi connectivity index (χ0v) is 14.6. The van der Waals surface area contributed by atoms with Crippen LogP contribution in [0.25, 0.3) is 0 Å². The van der Waals surface area contributed by atoms with Crippen LogP contribution in [0.1, 0.15) is 53.0 Å². The maximum Gasteiger partial charge on any atom is 0.0509 e. The first kappa shape index (κ1) is 18.2. The molecule has 0 aliphatic carbocycles. The van der Waals surface area contributed by atoms with E-state index in [4.69, 9.17) is 5.73 Å². The summed E-state index contributed by atoms with van der Waals surface area (Å²) in [6.45, 7) is 14.5. The molecule has 0 amide bonds. The van der Waals surface area contributed by atoms with Crippen molar-refractivity contribution in [3.05, 3.63) is 35.9 Å². The Kier molecular flexibility index (Phi) is 7.41. The zero-order valence-electron chi connectivity index (χ0n) is 14.6. The largest absolute Gasteiger partial charge is 0.321 e. The summed E-state index contributed by atoms with van der Waals surface area (Å²) in [7, 11) is 0. The van der Waals surface area contributed by atoms with Gasteiger partial charge in [0.05, 0.1) is 5.54 Å². The van der Waals surface area contributed by atoms with E-state index in [0.717, 1.165) is 31.5 Å². The van der Waals surface area contributed by atoms with Gasteiger partial charge >= 0.3 is 0 Å². The van der Waals surface area contributed by atoms with E-state index >= 15 is 0 Å². The molecular formula is C19H34N2. The number of rotatable bonds is 9. The number of benzene rings is 1.